The lowest BCUT2D eigenvalue weighted by molar-refractivity contribution is 0.0693. The summed E-state index contributed by atoms with van der Waals surface area (Å²) in [5.74, 6) is -2.33. The maximum Gasteiger partial charge on any atom is 0.340 e. The van der Waals surface area contributed by atoms with Crippen molar-refractivity contribution in [3.8, 4) is 0 Å². The van der Waals surface area contributed by atoms with Crippen LogP contribution in [0.15, 0.2) is 35.0 Å². The third-order valence-corrected chi connectivity index (χ3v) is 3.24. The van der Waals surface area contributed by atoms with Crippen LogP contribution in [0, 0.1) is 5.82 Å². The molecule has 20 heavy (non-hydrogen) atoms. The molecule has 0 atom stereocenters. The summed E-state index contributed by atoms with van der Waals surface area (Å²) in [6.07, 6.45) is 0. The molecule has 2 rings (SSSR count). The first-order valence-corrected chi connectivity index (χ1v) is 6.60. The van der Waals surface area contributed by atoms with Crippen molar-refractivity contribution in [3.05, 3.63) is 52.0 Å². The maximum absolute atomic E-state index is 13.4. The molecule has 5 nitrogen and oxygen atoms in total. The quantitative estimate of drug-likeness (QED) is 0.811. The third-order valence-electron chi connectivity index (χ3n) is 2.51. The molecule has 0 saturated carbocycles. The smallest absolute Gasteiger partial charge is 0.340 e. The molecular weight excluding hydrogens is 283 g/mol. The van der Waals surface area contributed by atoms with E-state index in [1.54, 1.807) is 0 Å². The van der Waals surface area contributed by atoms with Gasteiger partial charge in [0.05, 0.1) is 5.69 Å². The fourth-order valence-electron chi connectivity index (χ4n) is 1.59. The number of nitrogens with one attached hydrogen (secondary N) is 2. The van der Waals surface area contributed by atoms with Crippen molar-refractivity contribution in [2.45, 2.75) is 6.54 Å². The lowest BCUT2D eigenvalue weighted by atomic mass is 10.1. The predicted octanol–water partition coefficient (Wildman–Crippen LogP) is 2.91. The van der Waals surface area contributed by atoms with Crippen molar-refractivity contribution in [1.82, 2.24) is 5.32 Å². The van der Waals surface area contributed by atoms with Gasteiger partial charge in [-0.05, 0) is 34.5 Å². The van der Waals surface area contributed by atoms with Gasteiger partial charge in [0.1, 0.15) is 11.4 Å². The number of urea groups is 1. The second-order valence-corrected chi connectivity index (χ2v) is 4.69. The van der Waals surface area contributed by atoms with Gasteiger partial charge in [0.25, 0.3) is 0 Å². The van der Waals surface area contributed by atoms with Crippen LogP contribution in [-0.4, -0.2) is 17.1 Å². The molecule has 104 valence electrons. The van der Waals surface area contributed by atoms with Gasteiger partial charge in [-0.2, -0.15) is 11.3 Å². The van der Waals surface area contributed by atoms with E-state index in [-0.39, 0.29) is 5.69 Å². The van der Waals surface area contributed by atoms with E-state index in [1.165, 1.54) is 23.5 Å². The van der Waals surface area contributed by atoms with Gasteiger partial charge in [-0.3, -0.25) is 0 Å². The maximum atomic E-state index is 13.4. The number of aromatic carboxylic acids is 1. The highest BCUT2D eigenvalue weighted by Crippen LogP contribution is 2.18. The van der Waals surface area contributed by atoms with E-state index in [9.17, 15) is 14.0 Å². The molecule has 0 aliphatic carbocycles. The molecule has 0 saturated heterocycles. The molecule has 1 aromatic heterocycles. The zero-order valence-electron chi connectivity index (χ0n) is 10.2. The minimum absolute atomic E-state index is 0.0830. The number of rotatable bonds is 4. The molecule has 0 fully saturated rings. The Kier molecular flexibility index (Phi) is 4.31. The Morgan fingerprint density at radius 3 is 2.75 bits per heavy atom. The van der Waals surface area contributed by atoms with Crippen molar-refractivity contribution < 1.29 is 19.1 Å². The van der Waals surface area contributed by atoms with Crippen LogP contribution in [0.4, 0.5) is 14.9 Å². The van der Waals surface area contributed by atoms with Gasteiger partial charge in [-0.1, -0.05) is 6.07 Å². The van der Waals surface area contributed by atoms with Crippen LogP contribution < -0.4 is 10.6 Å². The Labute approximate surface area is 118 Å². The lowest BCUT2D eigenvalue weighted by Gasteiger charge is -2.10. The molecule has 2 aromatic rings. The summed E-state index contributed by atoms with van der Waals surface area (Å²) in [6.45, 7) is 0.313. The highest BCUT2D eigenvalue weighted by molar-refractivity contribution is 7.07. The largest absolute Gasteiger partial charge is 0.478 e. The fraction of sp³-hybridized carbons (Fsp3) is 0.0769. The van der Waals surface area contributed by atoms with E-state index in [0.29, 0.717) is 6.54 Å². The van der Waals surface area contributed by atoms with Crippen LogP contribution in [0.3, 0.4) is 0 Å². The second-order valence-electron chi connectivity index (χ2n) is 3.91. The van der Waals surface area contributed by atoms with Gasteiger partial charge in [0.2, 0.25) is 0 Å². The highest BCUT2D eigenvalue weighted by atomic mass is 32.1. The molecule has 7 heteroatoms. The Hall–Kier alpha value is -2.41. The molecule has 0 aliphatic heterocycles. The number of carbonyl (C=O) groups excluding carboxylic acids is 1. The summed E-state index contributed by atoms with van der Waals surface area (Å²) in [5.41, 5.74) is 0.293. The van der Waals surface area contributed by atoms with Crippen LogP contribution in [0.1, 0.15) is 15.9 Å². The number of carbonyl (C=O) groups is 2. The van der Waals surface area contributed by atoms with Gasteiger partial charge >= 0.3 is 12.0 Å². The first kappa shape index (κ1) is 14.0. The second kappa shape index (κ2) is 6.16. The molecule has 0 aliphatic rings. The Balaban J connectivity index is 2.04. The molecule has 1 aromatic carbocycles. The van der Waals surface area contributed by atoms with Crippen LogP contribution in [-0.2, 0) is 6.54 Å². The molecule has 0 bridgehead atoms. The molecule has 3 N–H and O–H groups in total. The SMILES string of the molecule is O=C(NCc1ccsc1)Nc1cccc(F)c1C(=O)O. The van der Waals surface area contributed by atoms with Crippen LogP contribution in [0.2, 0.25) is 0 Å². The average molecular weight is 294 g/mol. The topological polar surface area (TPSA) is 78.4 Å². The van der Waals surface area contributed by atoms with Gasteiger partial charge in [-0.25, -0.2) is 14.0 Å². The van der Waals surface area contributed by atoms with Crippen LogP contribution in [0.25, 0.3) is 0 Å². The number of amides is 2. The molecule has 0 unspecified atom stereocenters. The molecule has 1 heterocycles. The van der Waals surface area contributed by atoms with E-state index >= 15 is 0 Å². The third kappa shape index (κ3) is 3.33. The van der Waals surface area contributed by atoms with Crippen molar-refractivity contribution >= 4 is 29.0 Å². The van der Waals surface area contributed by atoms with E-state index in [1.807, 2.05) is 16.8 Å². The van der Waals surface area contributed by atoms with E-state index in [0.717, 1.165) is 11.6 Å². The zero-order chi connectivity index (χ0) is 14.5. The summed E-state index contributed by atoms with van der Waals surface area (Å²) in [5, 5.41) is 17.6. The summed E-state index contributed by atoms with van der Waals surface area (Å²) >= 11 is 1.50. The van der Waals surface area contributed by atoms with Gasteiger partial charge in [0.15, 0.2) is 0 Å². The van der Waals surface area contributed by atoms with Gasteiger partial charge in [-0.15, -0.1) is 0 Å². The summed E-state index contributed by atoms with van der Waals surface area (Å²) in [4.78, 5) is 22.6. The lowest BCUT2D eigenvalue weighted by Crippen LogP contribution is -2.29. The number of carboxylic acid groups (broad SMARTS) is 1. The first-order valence-electron chi connectivity index (χ1n) is 5.65. The Bertz CT molecular complexity index is 629. The van der Waals surface area contributed by atoms with Crippen molar-refractivity contribution in [2.75, 3.05) is 5.32 Å². The monoisotopic (exact) mass is 294 g/mol. The Morgan fingerprint density at radius 2 is 2.10 bits per heavy atom. The predicted molar refractivity (Wildman–Crippen MR) is 73.5 cm³/mol. The number of carboxylic acids is 1. The summed E-state index contributed by atoms with van der Waals surface area (Å²) < 4.78 is 13.4. The van der Waals surface area contributed by atoms with E-state index in [2.05, 4.69) is 10.6 Å². The number of thiophene rings is 1. The van der Waals surface area contributed by atoms with Crippen molar-refractivity contribution in [3.63, 3.8) is 0 Å². The number of hydrogen-bond acceptors (Lipinski definition) is 3. The van der Waals surface area contributed by atoms with Crippen LogP contribution in [0.5, 0.6) is 0 Å². The molecule has 0 radical (unpaired) electrons. The highest BCUT2D eigenvalue weighted by Gasteiger charge is 2.17. The number of anilines is 1. The Morgan fingerprint density at radius 1 is 1.30 bits per heavy atom. The molecule has 2 amide bonds. The first-order chi connectivity index (χ1) is 9.58. The normalized spacial score (nSPS) is 10.1. The van der Waals surface area contributed by atoms with E-state index in [4.69, 9.17) is 5.11 Å². The zero-order valence-corrected chi connectivity index (χ0v) is 11.0. The average Bonchev–Trinajstić information content (AvgIpc) is 2.89. The minimum Gasteiger partial charge on any atom is -0.478 e. The van der Waals surface area contributed by atoms with Crippen molar-refractivity contribution in [1.29, 1.82) is 0 Å². The number of hydrogen-bond donors (Lipinski definition) is 3. The van der Waals surface area contributed by atoms with Gasteiger partial charge < -0.3 is 15.7 Å². The fourth-order valence-corrected chi connectivity index (χ4v) is 2.26. The minimum atomic E-state index is -1.43. The molecule has 0 spiro atoms. The summed E-state index contributed by atoms with van der Waals surface area (Å²) in [7, 11) is 0. The van der Waals surface area contributed by atoms with Gasteiger partial charge in [0, 0.05) is 6.54 Å². The molecular formula is C13H11FN2O3S. The summed E-state index contributed by atoms with van der Waals surface area (Å²) in [6, 6.07) is 4.95. The van der Waals surface area contributed by atoms with E-state index < -0.39 is 23.4 Å². The number of benzene rings is 1. The van der Waals surface area contributed by atoms with Crippen LogP contribution >= 0.6 is 11.3 Å². The standard InChI is InChI=1S/C13H11FN2O3S/c14-9-2-1-3-10(11(9)12(17)18)16-13(19)15-6-8-4-5-20-7-8/h1-5,7H,6H2,(H,17,18)(H2,15,16,19). The van der Waals surface area contributed by atoms with Crippen molar-refractivity contribution in [2.24, 2.45) is 0 Å². The number of halogens is 1.